The fourth-order valence-electron chi connectivity index (χ4n) is 0.708. The minimum atomic E-state index is -1.13. The molecule has 0 aliphatic heterocycles. The number of aromatic nitrogens is 2. The fourth-order valence-corrected chi connectivity index (χ4v) is 1.49. The van der Waals surface area contributed by atoms with Crippen molar-refractivity contribution in [2.24, 2.45) is 0 Å². The van der Waals surface area contributed by atoms with Crippen LogP contribution in [0.15, 0.2) is 12.4 Å². The van der Waals surface area contributed by atoms with Crippen LogP contribution in [0, 0.1) is 6.92 Å². The van der Waals surface area contributed by atoms with Crippen LogP contribution in [0.3, 0.4) is 0 Å². The highest BCUT2D eigenvalue weighted by Crippen LogP contribution is 1.99. The Bertz CT molecular complexity index is 269. The zero-order valence-corrected chi connectivity index (χ0v) is 7.63. The van der Waals surface area contributed by atoms with E-state index in [4.69, 9.17) is 0 Å². The lowest BCUT2D eigenvalue weighted by Crippen LogP contribution is -2.22. The Balaban J connectivity index is 2.93. The molecule has 1 aromatic rings. The monoisotopic (exact) mass is 173 g/mol. The molecule has 0 saturated heterocycles. The summed E-state index contributed by atoms with van der Waals surface area (Å²) in [6.45, 7) is 1.82. The standard InChI is InChI=1S/C6H11N3OS/c1-6-7-4-5-9(6)11(10)8(2)3/h4-5H,1-3H3. The van der Waals surface area contributed by atoms with E-state index >= 15 is 0 Å². The highest BCUT2D eigenvalue weighted by atomic mass is 32.2. The van der Waals surface area contributed by atoms with Gasteiger partial charge in [-0.25, -0.2) is 17.5 Å². The van der Waals surface area contributed by atoms with Crippen LogP contribution in [-0.4, -0.2) is 31.6 Å². The minimum absolute atomic E-state index is 0.761. The van der Waals surface area contributed by atoms with Crippen molar-refractivity contribution in [2.75, 3.05) is 14.1 Å². The molecule has 0 spiro atoms. The zero-order valence-electron chi connectivity index (χ0n) is 6.81. The lowest BCUT2D eigenvalue weighted by Gasteiger charge is -2.09. The second-order valence-electron chi connectivity index (χ2n) is 2.34. The van der Waals surface area contributed by atoms with Gasteiger partial charge in [-0.3, -0.25) is 0 Å². The van der Waals surface area contributed by atoms with Crippen molar-refractivity contribution in [1.29, 1.82) is 0 Å². The molecule has 1 unspecified atom stereocenters. The summed E-state index contributed by atoms with van der Waals surface area (Å²) >= 11 is -1.13. The Morgan fingerprint density at radius 1 is 1.64 bits per heavy atom. The van der Waals surface area contributed by atoms with Gasteiger partial charge in [0.2, 0.25) is 11.2 Å². The van der Waals surface area contributed by atoms with Crippen molar-refractivity contribution in [2.45, 2.75) is 6.92 Å². The average molecular weight is 173 g/mol. The van der Waals surface area contributed by atoms with Crippen molar-refractivity contribution in [1.82, 2.24) is 13.3 Å². The van der Waals surface area contributed by atoms with Gasteiger partial charge in [-0.2, -0.15) is 0 Å². The molecule has 5 heteroatoms. The molecule has 0 fully saturated rings. The fraction of sp³-hybridized carbons (Fsp3) is 0.500. The number of nitrogens with zero attached hydrogens (tertiary/aromatic N) is 3. The van der Waals surface area contributed by atoms with Gasteiger partial charge in [-0.15, -0.1) is 0 Å². The van der Waals surface area contributed by atoms with Crippen LogP contribution in [0.2, 0.25) is 0 Å². The maximum atomic E-state index is 11.4. The molecule has 1 atom stereocenters. The molecule has 0 aliphatic rings. The molecule has 0 amide bonds. The van der Waals surface area contributed by atoms with Crippen LogP contribution in [0.25, 0.3) is 0 Å². The van der Waals surface area contributed by atoms with E-state index in [9.17, 15) is 4.21 Å². The molecular formula is C6H11N3OS. The third kappa shape index (κ3) is 1.66. The van der Waals surface area contributed by atoms with Crippen LogP contribution < -0.4 is 0 Å². The Morgan fingerprint density at radius 3 is 2.64 bits per heavy atom. The van der Waals surface area contributed by atoms with Crippen molar-refractivity contribution >= 4 is 11.2 Å². The van der Waals surface area contributed by atoms with Crippen molar-refractivity contribution in [3.8, 4) is 0 Å². The number of rotatable bonds is 2. The van der Waals surface area contributed by atoms with E-state index in [2.05, 4.69) is 4.98 Å². The lowest BCUT2D eigenvalue weighted by molar-refractivity contribution is 0.592. The van der Waals surface area contributed by atoms with E-state index in [-0.39, 0.29) is 0 Å². The van der Waals surface area contributed by atoms with Crippen molar-refractivity contribution < 1.29 is 4.21 Å². The van der Waals surface area contributed by atoms with Gasteiger partial charge in [0.1, 0.15) is 5.82 Å². The molecule has 11 heavy (non-hydrogen) atoms. The highest BCUT2D eigenvalue weighted by Gasteiger charge is 2.06. The number of hydrogen-bond acceptors (Lipinski definition) is 2. The molecule has 1 heterocycles. The number of imidazole rings is 1. The van der Waals surface area contributed by atoms with Gasteiger partial charge >= 0.3 is 0 Å². The van der Waals surface area contributed by atoms with E-state index in [1.807, 2.05) is 6.92 Å². The van der Waals surface area contributed by atoms with Gasteiger partial charge in [0, 0.05) is 26.5 Å². The largest absolute Gasteiger partial charge is 0.241 e. The molecule has 0 radical (unpaired) electrons. The summed E-state index contributed by atoms with van der Waals surface area (Å²) < 4.78 is 14.6. The van der Waals surface area contributed by atoms with Gasteiger partial charge in [0.15, 0.2) is 0 Å². The Morgan fingerprint density at radius 2 is 2.27 bits per heavy atom. The third-order valence-corrected chi connectivity index (χ3v) is 2.61. The van der Waals surface area contributed by atoms with Crippen LogP contribution >= 0.6 is 0 Å². The molecule has 0 aromatic carbocycles. The van der Waals surface area contributed by atoms with E-state index < -0.39 is 11.2 Å². The summed E-state index contributed by atoms with van der Waals surface area (Å²) in [6.07, 6.45) is 3.34. The topological polar surface area (TPSA) is 38.1 Å². The Hall–Kier alpha value is -0.680. The summed E-state index contributed by atoms with van der Waals surface area (Å²) in [5.41, 5.74) is 0. The predicted molar refractivity (Wildman–Crippen MR) is 44.2 cm³/mol. The lowest BCUT2D eigenvalue weighted by atomic mass is 10.8. The molecule has 1 aromatic heterocycles. The minimum Gasteiger partial charge on any atom is -0.241 e. The van der Waals surface area contributed by atoms with Gasteiger partial charge < -0.3 is 0 Å². The van der Waals surface area contributed by atoms with E-state index in [0.717, 1.165) is 5.82 Å². The highest BCUT2D eigenvalue weighted by molar-refractivity contribution is 7.81. The van der Waals surface area contributed by atoms with Crippen LogP contribution in [0.4, 0.5) is 0 Å². The Labute approximate surface area is 68.6 Å². The molecule has 62 valence electrons. The zero-order chi connectivity index (χ0) is 8.43. The first kappa shape index (κ1) is 8.42. The summed E-state index contributed by atoms with van der Waals surface area (Å²) in [4.78, 5) is 3.96. The Kier molecular flexibility index (Phi) is 2.41. The quantitative estimate of drug-likeness (QED) is 0.640. The maximum absolute atomic E-state index is 11.4. The third-order valence-electron chi connectivity index (χ3n) is 1.26. The van der Waals surface area contributed by atoms with E-state index in [1.165, 1.54) is 0 Å². The maximum Gasteiger partial charge on any atom is 0.203 e. The van der Waals surface area contributed by atoms with Crippen LogP contribution in [0.5, 0.6) is 0 Å². The predicted octanol–water partition coefficient (Wildman–Crippen LogP) is 0.180. The number of aryl methyl sites for hydroxylation is 1. The van der Waals surface area contributed by atoms with Crippen molar-refractivity contribution in [3.63, 3.8) is 0 Å². The first-order valence-corrected chi connectivity index (χ1v) is 4.29. The van der Waals surface area contributed by atoms with Crippen LogP contribution in [0.1, 0.15) is 5.82 Å². The first-order valence-electron chi connectivity index (χ1n) is 3.22. The number of hydrogen-bond donors (Lipinski definition) is 0. The second kappa shape index (κ2) is 3.15. The molecule has 1 rings (SSSR count). The smallest absolute Gasteiger partial charge is 0.203 e. The normalized spacial score (nSPS) is 13.8. The summed E-state index contributed by atoms with van der Waals surface area (Å²) in [6, 6.07) is 0. The average Bonchev–Trinajstić information content (AvgIpc) is 2.33. The molecule has 0 bridgehead atoms. The molecule has 4 nitrogen and oxygen atoms in total. The van der Waals surface area contributed by atoms with Gasteiger partial charge in [-0.1, -0.05) is 0 Å². The van der Waals surface area contributed by atoms with E-state index in [1.54, 1.807) is 34.8 Å². The van der Waals surface area contributed by atoms with Crippen LogP contribution in [-0.2, 0) is 11.2 Å². The van der Waals surface area contributed by atoms with E-state index in [0.29, 0.717) is 0 Å². The van der Waals surface area contributed by atoms with Gasteiger partial charge in [0.25, 0.3) is 0 Å². The second-order valence-corrected chi connectivity index (χ2v) is 3.93. The van der Waals surface area contributed by atoms with Gasteiger partial charge in [0.05, 0.1) is 0 Å². The van der Waals surface area contributed by atoms with Crippen molar-refractivity contribution in [3.05, 3.63) is 18.2 Å². The molecular weight excluding hydrogens is 162 g/mol. The molecule has 0 N–H and O–H groups in total. The SMILES string of the molecule is Cc1nccn1S(=O)N(C)C. The summed E-state index contributed by atoms with van der Waals surface area (Å²) in [5, 5.41) is 0. The summed E-state index contributed by atoms with van der Waals surface area (Å²) in [7, 11) is 3.52. The van der Waals surface area contributed by atoms with Gasteiger partial charge in [-0.05, 0) is 6.92 Å². The molecule has 0 saturated carbocycles. The summed E-state index contributed by atoms with van der Waals surface area (Å²) in [5.74, 6) is 0.761. The first-order chi connectivity index (χ1) is 5.13. The molecule has 0 aliphatic carbocycles.